The minimum Gasteiger partial charge on any atom is -0.465 e. The van der Waals surface area contributed by atoms with Crippen LogP contribution < -0.4 is 4.83 Å². The van der Waals surface area contributed by atoms with Crippen molar-refractivity contribution < 1.29 is 17.9 Å². The van der Waals surface area contributed by atoms with Gasteiger partial charge in [0, 0.05) is 0 Å². The Morgan fingerprint density at radius 3 is 2.26 bits per heavy atom. The van der Waals surface area contributed by atoms with Crippen LogP contribution in [-0.4, -0.2) is 27.7 Å². The van der Waals surface area contributed by atoms with E-state index in [4.69, 9.17) is 0 Å². The minimum absolute atomic E-state index is 0.140. The predicted molar refractivity (Wildman–Crippen MR) is 86.9 cm³/mol. The lowest BCUT2D eigenvalue weighted by molar-refractivity contribution is 0.0600. The van der Waals surface area contributed by atoms with Crippen LogP contribution >= 0.6 is 0 Å². The Bertz CT molecular complexity index is 810. The van der Waals surface area contributed by atoms with Crippen molar-refractivity contribution in [3.05, 3.63) is 65.2 Å². The quantitative estimate of drug-likeness (QED) is 0.516. The van der Waals surface area contributed by atoms with Crippen molar-refractivity contribution in [1.82, 2.24) is 4.83 Å². The van der Waals surface area contributed by atoms with Crippen LogP contribution in [0.1, 0.15) is 21.5 Å². The Labute approximate surface area is 134 Å². The van der Waals surface area contributed by atoms with Gasteiger partial charge in [-0.3, -0.25) is 0 Å². The standard InChI is InChI=1S/C16H16N2O4S/c1-12-3-9-15(10-4-12)23(20,21)18-17-11-13-5-7-14(8-6-13)16(19)22-2/h3-11,18H,1-2H3. The average Bonchev–Trinajstić information content (AvgIpc) is 2.55. The lowest BCUT2D eigenvalue weighted by Crippen LogP contribution is -2.18. The first-order valence-corrected chi connectivity index (χ1v) is 8.20. The second kappa shape index (κ2) is 7.06. The molecule has 0 unspecified atom stereocenters. The molecular formula is C16H16N2O4S. The number of hydrazone groups is 1. The number of esters is 1. The lowest BCUT2D eigenvalue weighted by Gasteiger charge is -2.03. The van der Waals surface area contributed by atoms with E-state index in [9.17, 15) is 13.2 Å². The molecule has 0 saturated heterocycles. The molecule has 0 aliphatic carbocycles. The summed E-state index contributed by atoms with van der Waals surface area (Å²) in [5.74, 6) is -0.437. The molecule has 120 valence electrons. The van der Waals surface area contributed by atoms with Gasteiger partial charge in [-0.15, -0.1) is 0 Å². The molecule has 1 N–H and O–H groups in total. The van der Waals surface area contributed by atoms with Crippen molar-refractivity contribution in [2.24, 2.45) is 5.10 Å². The van der Waals surface area contributed by atoms with Gasteiger partial charge in [0.2, 0.25) is 0 Å². The van der Waals surface area contributed by atoms with Crippen molar-refractivity contribution >= 4 is 22.2 Å². The van der Waals surface area contributed by atoms with Gasteiger partial charge < -0.3 is 4.74 Å². The normalized spacial score (nSPS) is 11.4. The molecule has 23 heavy (non-hydrogen) atoms. The number of hydrogen-bond donors (Lipinski definition) is 1. The molecule has 0 atom stereocenters. The van der Waals surface area contributed by atoms with Gasteiger partial charge in [-0.2, -0.15) is 13.5 Å². The highest BCUT2D eigenvalue weighted by Crippen LogP contribution is 2.09. The molecule has 0 fully saturated rings. The smallest absolute Gasteiger partial charge is 0.337 e. The fourth-order valence-corrected chi connectivity index (χ4v) is 2.55. The van der Waals surface area contributed by atoms with Crippen molar-refractivity contribution in [1.29, 1.82) is 0 Å². The highest BCUT2D eigenvalue weighted by molar-refractivity contribution is 7.89. The van der Waals surface area contributed by atoms with Crippen LogP contribution in [0, 0.1) is 6.92 Å². The molecule has 0 spiro atoms. The van der Waals surface area contributed by atoms with E-state index >= 15 is 0 Å². The number of hydrogen-bond acceptors (Lipinski definition) is 5. The number of methoxy groups -OCH3 is 1. The van der Waals surface area contributed by atoms with Gasteiger partial charge in [0.1, 0.15) is 0 Å². The zero-order valence-corrected chi connectivity index (χ0v) is 13.5. The highest BCUT2D eigenvalue weighted by Gasteiger charge is 2.11. The van der Waals surface area contributed by atoms with Gasteiger partial charge in [-0.1, -0.05) is 29.8 Å². The van der Waals surface area contributed by atoms with Crippen molar-refractivity contribution in [2.75, 3.05) is 7.11 Å². The van der Waals surface area contributed by atoms with E-state index in [0.717, 1.165) is 5.56 Å². The number of aryl methyl sites for hydroxylation is 1. The maximum absolute atomic E-state index is 12.0. The van der Waals surface area contributed by atoms with Gasteiger partial charge in [-0.25, -0.2) is 9.63 Å². The molecule has 0 aromatic heterocycles. The summed E-state index contributed by atoms with van der Waals surface area (Å²) in [6.45, 7) is 1.87. The highest BCUT2D eigenvalue weighted by atomic mass is 32.2. The van der Waals surface area contributed by atoms with E-state index in [1.54, 1.807) is 36.4 Å². The number of benzene rings is 2. The van der Waals surface area contributed by atoms with Gasteiger partial charge in [0.15, 0.2) is 0 Å². The molecule has 0 bridgehead atoms. The second-order valence-corrected chi connectivity index (χ2v) is 6.44. The van der Waals surface area contributed by atoms with E-state index in [1.165, 1.54) is 25.5 Å². The van der Waals surface area contributed by atoms with Crippen molar-refractivity contribution in [2.45, 2.75) is 11.8 Å². The number of sulfonamides is 1. The van der Waals surface area contributed by atoms with Crippen LogP contribution in [-0.2, 0) is 14.8 Å². The van der Waals surface area contributed by atoms with E-state index < -0.39 is 16.0 Å². The molecule has 6 nitrogen and oxygen atoms in total. The maximum Gasteiger partial charge on any atom is 0.337 e. The molecular weight excluding hydrogens is 316 g/mol. The molecule has 0 heterocycles. The average molecular weight is 332 g/mol. The molecule has 2 aromatic rings. The van der Waals surface area contributed by atoms with Crippen LogP contribution in [0.15, 0.2) is 58.5 Å². The summed E-state index contributed by atoms with van der Waals surface area (Å²) >= 11 is 0. The molecule has 0 amide bonds. The third-order valence-corrected chi connectivity index (χ3v) is 4.29. The molecule has 0 aliphatic rings. The van der Waals surface area contributed by atoms with E-state index in [0.29, 0.717) is 11.1 Å². The van der Waals surface area contributed by atoms with Gasteiger partial charge in [-0.05, 0) is 36.8 Å². The Balaban J connectivity index is 2.06. The number of nitrogens with zero attached hydrogens (tertiary/aromatic N) is 1. The Morgan fingerprint density at radius 1 is 1.09 bits per heavy atom. The summed E-state index contributed by atoms with van der Waals surface area (Å²) in [6.07, 6.45) is 1.35. The SMILES string of the molecule is COC(=O)c1ccc(C=NNS(=O)(=O)c2ccc(C)cc2)cc1. The van der Waals surface area contributed by atoms with Crippen molar-refractivity contribution in [3.63, 3.8) is 0 Å². The summed E-state index contributed by atoms with van der Waals surface area (Å²) in [7, 11) is -2.39. The Morgan fingerprint density at radius 2 is 1.70 bits per heavy atom. The largest absolute Gasteiger partial charge is 0.465 e. The molecule has 0 radical (unpaired) electrons. The topological polar surface area (TPSA) is 84.8 Å². The number of carbonyl (C=O) groups is 1. The summed E-state index contributed by atoms with van der Waals surface area (Å²) in [5.41, 5.74) is 2.02. The third kappa shape index (κ3) is 4.40. The predicted octanol–water partition coefficient (Wildman–Crippen LogP) is 2.09. The Hall–Kier alpha value is -2.67. The molecule has 0 aliphatic heterocycles. The van der Waals surface area contributed by atoms with Gasteiger partial charge in [0.05, 0.1) is 23.8 Å². The van der Waals surface area contributed by atoms with Crippen LogP contribution in [0.4, 0.5) is 0 Å². The molecule has 0 saturated carbocycles. The summed E-state index contributed by atoms with van der Waals surface area (Å²) in [5, 5.41) is 3.73. The molecule has 7 heteroatoms. The first-order chi connectivity index (χ1) is 10.9. The molecule has 2 rings (SSSR count). The van der Waals surface area contributed by atoms with Crippen LogP contribution in [0.5, 0.6) is 0 Å². The van der Waals surface area contributed by atoms with Crippen molar-refractivity contribution in [3.8, 4) is 0 Å². The number of carbonyl (C=O) groups excluding carboxylic acids is 1. The zero-order chi connectivity index (χ0) is 16.9. The van der Waals surface area contributed by atoms with Crippen LogP contribution in [0.3, 0.4) is 0 Å². The fraction of sp³-hybridized carbons (Fsp3) is 0.125. The van der Waals surface area contributed by atoms with E-state index in [2.05, 4.69) is 14.7 Å². The first-order valence-electron chi connectivity index (χ1n) is 6.72. The number of rotatable bonds is 5. The first kappa shape index (κ1) is 16.7. The molecule has 2 aromatic carbocycles. The third-order valence-electron chi connectivity index (χ3n) is 3.05. The summed E-state index contributed by atoms with van der Waals surface area (Å²) in [4.78, 5) is 13.6. The van der Waals surface area contributed by atoms with Crippen LogP contribution in [0.2, 0.25) is 0 Å². The number of nitrogens with one attached hydrogen (secondary N) is 1. The fourth-order valence-electron chi connectivity index (χ4n) is 1.76. The van der Waals surface area contributed by atoms with Gasteiger partial charge in [0.25, 0.3) is 10.0 Å². The second-order valence-electron chi connectivity index (χ2n) is 4.78. The monoisotopic (exact) mass is 332 g/mol. The Kier molecular flexibility index (Phi) is 5.13. The van der Waals surface area contributed by atoms with E-state index in [1.807, 2.05) is 6.92 Å². The zero-order valence-electron chi connectivity index (χ0n) is 12.7. The minimum atomic E-state index is -3.69. The van der Waals surface area contributed by atoms with Crippen LogP contribution in [0.25, 0.3) is 0 Å². The number of ether oxygens (including phenoxy) is 1. The van der Waals surface area contributed by atoms with E-state index in [-0.39, 0.29) is 4.90 Å². The van der Waals surface area contributed by atoms with Gasteiger partial charge >= 0.3 is 5.97 Å². The lowest BCUT2D eigenvalue weighted by atomic mass is 10.1. The summed E-state index contributed by atoms with van der Waals surface area (Å²) < 4.78 is 28.7. The summed E-state index contributed by atoms with van der Waals surface area (Å²) in [6, 6.07) is 12.9. The maximum atomic E-state index is 12.0.